The first-order valence-electron chi connectivity index (χ1n) is 4.83. The van der Waals surface area contributed by atoms with Crippen LogP contribution < -0.4 is 4.31 Å². The molecule has 1 N–H and O–H groups in total. The van der Waals surface area contributed by atoms with Gasteiger partial charge < -0.3 is 5.11 Å². The monoisotopic (exact) mass is 227 g/mol. The van der Waals surface area contributed by atoms with Gasteiger partial charge in [0.2, 0.25) is 10.0 Å². The number of nitrogens with zero attached hydrogens (tertiary/aromatic N) is 1. The van der Waals surface area contributed by atoms with Crippen LogP contribution >= 0.6 is 0 Å². The zero-order valence-electron chi connectivity index (χ0n) is 8.42. The summed E-state index contributed by atoms with van der Waals surface area (Å²) < 4.78 is 24.8. The summed E-state index contributed by atoms with van der Waals surface area (Å²) in [7, 11) is -3.35. The Morgan fingerprint density at radius 2 is 2.13 bits per heavy atom. The van der Waals surface area contributed by atoms with Gasteiger partial charge in [-0.2, -0.15) is 0 Å². The minimum absolute atomic E-state index is 0.224. The maximum Gasteiger partial charge on any atom is 0.238 e. The van der Waals surface area contributed by atoms with Crippen molar-refractivity contribution in [3.05, 3.63) is 29.8 Å². The van der Waals surface area contributed by atoms with Crippen LogP contribution in [0.15, 0.2) is 24.3 Å². The fourth-order valence-electron chi connectivity index (χ4n) is 1.89. The average Bonchev–Trinajstić information content (AvgIpc) is 2.17. The summed E-state index contributed by atoms with van der Waals surface area (Å²) in [4.78, 5) is 0. The van der Waals surface area contributed by atoms with Gasteiger partial charge in [0.05, 0.1) is 17.5 Å². The highest BCUT2D eigenvalue weighted by molar-refractivity contribution is 7.92. The summed E-state index contributed by atoms with van der Waals surface area (Å²) in [5.41, 5.74) is 1.29. The molecule has 1 unspecified atom stereocenters. The third-order valence-corrected chi connectivity index (χ3v) is 4.42. The van der Waals surface area contributed by atoms with Gasteiger partial charge >= 0.3 is 0 Å². The zero-order valence-corrected chi connectivity index (χ0v) is 9.24. The zero-order chi connectivity index (χ0) is 11.1. The van der Waals surface area contributed by atoms with E-state index >= 15 is 0 Å². The Labute approximate surface area is 89.2 Å². The highest BCUT2D eigenvalue weighted by Crippen LogP contribution is 2.34. The number of para-hydroxylation sites is 1. The van der Waals surface area contributed by atoms with Crippen LogP contribution in [-0.4, -0.2) is 25.8 Å². The van der Waals surface area contributed by atoms with E-state index in [1.807, 2.05) is 0 Å². The molecule has 0 spiro atoms. The van der Waals surface area contributed by atoms with E-state index in [4.69, 9.17) is 0 Å². The lowest BCUT2D eigenvalue weighted by Crippen LogP contribution is -2.39. The average molecular weight is 227 g/mol. The molecule has 1 aromatic rings. The Balaban J connectivity index is 2.62. The number of hydrogen-bond donors (Lipinski definition) is 1. The van der Waals surface area contributed by atoms with E-state index < -0.39 is 16.1 Å². The van der Waals surface area contributed by atoms with E-state index in [0.717, 1.165) is 0 Å². The molecule has 1 atom stereocenters. The largest absolute Gasteiger partial charge is 0.387 e. The van der Waals surface area contributed by atoms with Crippen molar-refractivity contribution in [3.8, 4) is 0 Å². The summed E-state index contributed by atoms with van der Waals surface area (Å²) in [5.74, 6) is -0.224. The van der Waals surface area contributed by atoms with Crippen LogP contribution in [0.1, 0.15) is 18.6 Å². The number of hydrogen-bond acceptors (Lipinski definition) is 3. The lowest BCUT2D eigenvalue weighted by atomic mass is 10.1. The van der Waals surface area contributed by atoms with Crippen molar-refractivity contribution in [2.75, 3.05) is 16.6 Å². The smallest absolute Gasteiger partial charge is 0.238 e. The number of aliphatic hydroxyl groups is 1. The molecule has 0 fully saturated rings. The van der Waals surface area contributed by atoms with E-state index in [9.17, 15) is 13.5 Å². The minimum Gasteiger partial charge on any atom is -0.387 e. The molecule has 1 heterocycles. The summed E-state index contributed by atoms with van der Waals surface area (Å²) >= 11 is 0. The molecule has 5 heteroatoms. The second-order valence-corrected chi connectivity index (χ2v) is 5.46. The molecule has 1 aliphatic rings. The molecule has 0 bridgehead atoms. The first kappa shape index (κ1) is 10.4. The van der Waals surface area contributed by atoms with Gasteiger partial charge in [-0.25, -0.2) is 8.42 Å². The van der Waals surface area contributed by atoms with Gasteiger partial charge in [0.25, 0.3) is 0 Å². The quantitative estimate of drug-likeness (QED) is 0.775. The Morgan fingerprint density at radius 3 is 2.80 bits per heavy atom. The van der Waals surface area contributed by atoms with Crippen LogP contribution in [0.25, 0.3) is 0 Å². The second kappa shape index (κ2) is 3.50. The molecule has 0 radical (unpaired) electrons. The summed E-state index contributed by atoms with van der Waals surface area (Å²) in [6.45, 7) is 2.18. The highest BCUT2D eigenvalue weighted by atomic mass is 32.2. The standard InChI is InChI=1S/C10H13NO3S/c1-2-11-9-6-4-3-5-8(9)10(12)7-15(11,13)14/h3-6,10,12H,2,7H2,1H3. The molecular weight excluding hydrogens is 214 g/mol. The van der Waals surface area contributed by atoms with E-state index in [-0.39, 0.29) is 5.75 Å². The number of anilines is 1. The van der Waals surface area contributed by atoms with Crippen molar-refractivity contribution >= 4 is 15.7 Å². The van der Waals surface area contributed by atoms with Crippen molar-refractivity contribution in [3.63, 3.8) is 0 Å². The number of benzene rings is 1. The Morgan fingerprint density at radius 1 is 1.47 bits per heavy atom. The van der Waals surface area contributed by atoms with Gasteiger partial charge in [-0.05, 0) is 13.0 Å². The molecule has 0 amide bonds. The summed E-state index contributed by atoms with van der Waals surface area (Å²) in [6.07, 6.45) is -0.908. The Kier molecular flexibility index (Phi) is 2.44. The van der Waals surface area contributed by atoms with Crippen LogP contribution in [0.3, 0.4) is 0 Å². The van der Waals surface area contributed by atoms with Crippen molar-refractivity contribution in [1.29, 1.82) is 0 Å². The predicted octanol–water partition coefficient (Wildman–Crippen LogP) is 0.890. The van der Waals surface area contributed by atoms with E-state index in [1.165, 1.54) is 4.31 Å². The first-order valence-corrected chi connectivity index (χ1v) is 6.44. The molecule has 82 valence electrons. The number of fused-ring (bicyclic) bond motifs is 1. The normalized spacial score (nSPS) is 23.6. The maximum absolute atomic E-state index is 11.8. The summed E-state index contributed by atoms with van der Waals surface area (Å²) in [6, 6.07) is 7.05. The molecule has 1 aliphatic heterocycles. The lowest BCUT2D eigenvalue weighted by Gasteiger charge is -2.32. The van der Waals surface area contributed by atoms with Crippen LogP contribution in [-0.2, 0) is 10.0 Å². The number of aliphatic hydroxyl groups excluding tert-OH is 1. The van der Waals surface area contributed by atoms with E-state index in [2.05, 4.69) is 0 Å². The van der Waals surface area contributed by atoms with Crippen molar-refractivity contribution in [1.82, 2.24) is 0 Å². The molecular formula is C10H13NO3S. The molecule has 15 heavy (non-hydrogen) atoms. The molecule has 0 aromatic heterocycles. The second-order valence-electron chi connectivity index (χ2n) is 3.52. The van der Waals surface area contributed by atoms with Crippen LogP contribution in [0, 0.1) is 0 Å². The van der Waals surface area contributed by atoms with Crippen LogP contribution in [0.2, 0.25) is 0 Å². The van der Waals surface area contributed by atoms with Crippen LogP contribution in [0.5, 0.6) is 0 Å². The highest BCUT2D eigenvalue weighted by Gasteiger charge is 2.33. The third-order valence-electron chi connectivity index (χ3n) is 2.56. The molecule has 0 saturated carbocycles. The van der Waals surface area contributed by atoms with Gasteiger partial charge in [-0.15, -0.1) is 0 Å². The molecule has 0 saturated heterocycles. The molecule has 1 aromatic carbocycles. The van der Waals surface area contributed by atoms with Crippen molar-refractivity contribution in [2.45, 2.75) is 13.0 Å². The van der Waals surface area contributed by atoms with Crippen molar-refractivity contribution < 1.29 is 13.5 Å². The lowest BCUT2D eigenvalue weighted by molar-refractivity contribution is 0.200. The van der Waals surface area contributed by atoms with Crippen molar-refractivity contribution in [2.24, 2.45) is 0 Å². The molecule has 2 rings (SSSR count). The molecule has 0 aliphatic carbocycles. The number of sulfonamides is 1. The van der Waals surface area contributed by atoms with Crippen LogP contribution in [0.4, 0.5) is 5.69 Å². The minimum atomic E-state index is -3.35. The first-order chi connectivity index (χ1) is 7.06. The summed E-state index contributed by atoms with van der Waals surface area (Å²) in [5, 5.41) is 9.70. The predicted molar refractivity (Wildman–Crippen MR) is 58.2 cm³/mol. The fraction of sp³-hybridized carbons (Fsp3) is 0.400. The fourth-order valence-corrected chi connectivity index (χ4v) is 3.51. The van der Waals surface area contributed by atoms with Gasteiger partial charge in [0.1, 0.15) is 0 Å². The SMILES string of the molecule is CCN1c2ccccc2C(O)CS1(=O)=O. The topological polar surface area (TPSA) is 57.6 Å². The van der Waals surface area contributed by atoms with Gasteiger partial charge in [0.15, 0.2) is 0 Å². The van der Waals surface area contributed by atoms with E-state index in [0.29, 0.717) is 17.8 Å². The van der Waals surface area contributed by atoms with Gasteiger partial charge in [-0.3, -0.25) is 4.31 Å². The molecule has 4 nitrogen and oxygen atoms in total. The van der Waals surface area contributed by atoms with Gasteiger partial charge in [-0.1, -0.05) is 18.2 Å². The third kappa shape index (κ3) is 1.61. The Bertz CT molecular complexity index is 469. The van der Waals surface area contributed by atoms with Gasteiger partial charge in [0, 0.05) is 12.1 Å². The van der Waals surface area contributed by atoms with E-state index in [1.54, 1.807) is 31.2 Å². The number of rotatable bonds is 1. The maximum atomic E-state index is 11.8. The Hall–Kier alpha value is -1.07.